The molecule has 2 aliphatic heterocycles. The molecule has 1 fully saturated rings. The fourth-order valence-electron chi connectivity index (χ4n) is 3.26. The standard InChI is InChI=1S/C18H30N4O3S/c1-13(2)21-9-6-14(7-10-21)20-18(26)17(24)19-15-5-4-8-22(11-15)16(23)12-25-3/h6,13,15H,4-5,7-12H2,1-3H3,(H,19,24)(H,20,26)/t15-/m0/s1. The van der Waals surface area contributed by atoms with Crippen LogP contribution in [0.1, 0.15) is 33.1 Å². The Morgan fingerprint density at radius 2 is 2.15 bits per heavy atom. The smallest absolute Gasteiger partial charge is 0.279 e. The Bertz CT molecular complexity index is 565. The van der Waals surface area contributed by atoms with Gasteiger partial charge in [0.25, 0.3) is 5.91 Å². The molecular formula is C18H30N4O3S. The third-order valence-electron chi connectivity index (χ3n) is 4.83. The zero-order valence-corrected chi connectivity index (χ0v) is 16.7. The summed E-state index contributed by atoms with van der Waals surface area (Å²) in [5.41, 5.74) is 1.00. The molecule has 0 saturated carbocycles. The minimum atomic E-state index is -0.279. The van der Waals surface area contributed by atoms with Crippen LogP contribution in [0.25, 0.3) is 0 Å². The maximum Gasteiger partial charge on any atom is 0.279 e. The number of thiocarbonyl (C=S) groups is 1. The molecule has 146 valence electrons. The van der Waals surface area contributed by atoms with Crippen LogP contribution in [0.15, 0.2) is 11.8 Å². The summed E-state index contributed by atoms with van der Waals surface area (Å²) >= 11 is 5.25. The average molecular weight is 383 g/mol. The molecule has 0 spiro atoms. The van der Waals surface area contributed by atoms with Crippen molar-refractivity contribution in [2.24, 2.45) is 0 Å². The summed E-state index contributed by atoms with van der Waals surface area (Å²) in [4.78, 5) is 28.6. The highest BCUT2D eigenvalue weighted by Gasteiger charge is 2.26. The first-order valence-electron chi connectivity index (χ1n) is 9.22. The van der Waals surface area contributed by atoms with E-state index in [1.54, 1.807) is 4.90 Å². The largest absolute Gasteiger partial charge is 0.375 e. The van der Waals surface area contributed by atoms with E-state index < -0.39 is 0 Å². The van der Waals surface area contributed by atoms with E-state index in [4.69, 9.17) is 17.0 Å². The van der Waals surface area contributed by atoms with Crippen LogP contribution in [0.3, 0.4) is 0 Å². The first-order chi connectivity index (χ1) is 12.4. The number of methoxy groups -OCH3 is 1. The molecule has 8 heteroatoms. The van der Waals surface area contributed by atoms with Crippen molar-refractivity contribution in [2.75, 3.05) is 39.9 Å². The summed E-state index contributed by atoms with van der Waals surface area (Å²) < 4.78 is 4.90. The number of hydrogen-bond donors (Lipinski definition) is 2. The van der Waals surface area contributed by atoms with Gasteiger partial charge in [0, 0.05) is 51.1 Å². The van der Waals surface area contributed by atoms with E-state index in [0.717, 1.165) is 38.0 Å². The van der Waals surface area contributed by atoms with Crippen molar-refractivity contribution < 1.29 is 14.3 Å². The van der Waals surface area contributed by atoms with E-state index in [1.165, 1.54) is 7.11 Å². The number of hydrogen-bond acceptors (Lipinski definition) is 5. The van der Waals surface area contributed by atoms with E-state index in [0.29, 0.717) is 19.1 Å². The lowest BCUT2D eigenvalue weighted by molar-refractivity contribution is -0.137. The second-order valence-corrected chi connectivity index (χ2v) is 7.52. The van der Waals surface area contributed by atoms with Gasteiger partial charge in [0.1, 0.15) is 6.61 Å². The van der Waals surface area contributed by atoms with Gasteiger partial charge in [-0.05, 0) is 33.1 Å². The maximum atomic E-state index is 12.4. The van der Waals surface area contributed by atoms with Crippen molar-refractivity contribution in [3.05, 3.63) is 11.8 Å². The van der Waals surface area contributed by atoms with E-state index >= 15 is 0 Å². The second kappa shape index (κ2) is 9.99. The molecule has 2 aliphatic rings. The van der Waals surface area contributed by atoms with Crippen LogP contribution in [0.5, 0.6) is 0 Å². The molecule has 7 nitrogen and oxygen atoms in total. The molecule has 0 aromatic rings. The molecule has 0 aromatic carbocycles. The van der Waals surface area contributed by atoms with Crippen LogP contribution in [0, 0.1) is 0 Å². The Morgan fingerprint density at radius 1 is 1.38 bits per heavy atom. The van der Waals surface area contributed by atoms with Gasteiger partial charge in [-0.15, -0.1) is 0 Å². The summed E-state index contributed by atoms with van der Waals surface area (Å²) in [6.07, 6.45) is 4.65. The zero-order valence-electron chi connectivity index (χ0n) is 15.9. The predicted octanol–water partition coefficient (Wildman–Crippen LogP) is 0.655. The Morgan fingerprint density at radius 3 is 2.77 bits per heavy atom. The zero-order chi connectivity index (χ0) is 19.1. The summed E-state index contributed by atoms with van der Waals surface area (Å²) in [6, 6.07) is 0.437. The van der Waals surface area contributed by atoms with E-state index in [-0.39, 0.29) is 29.5 Å². The quantitative estimate of drug-likeness (QED) is 0.681. The molecule has 26 heavy (non-hydrogen) atoms. The van der Waals surface area contributed by atoms with Crippen LogP contribution >= 0.6 is 12.2 Å². The van der Waals surface area contributed by atoms with Crippen LogP contribution in [0.4, 0.5) is 0 Å². The third kappa shape index (κ3) is 6.03. The number of carbonyl (C=O) groups excluding carboxylic acids is 2. The maximum absolute atomic E-state index is 12.4. The Balaban J connectivity index is 1.80. The van der Waals surface area contributed by atoms with Crippen molar-refractivity contribution >= 4 is 29.0 Å². The molecule has 2 rings (SSSR count). The van der Waals surface area contributed by atoms with Gasteiger partial charge < -0.3 is 20.3 Å². The van der Waals surface area contributed by atoms with Gasteiger partial charge in [0.05, 0.1) is 0 Å². The Hall–Kier alpha value is -1.51. The first-order valence-corrected chi connectivity index (χ1v) is 9.63. The number of carbonyl (C=O) groups is 2. The number of amides is 2. The van der Waals surface area contributed by atoms with Crippen LogP contribution in [-0.4, -0.2) is 78.6 Å². The molecule has 1 atom stereocenters. The Labute approximate surface area is 161 Å². The highest BCUT2D eigenvalue weighted by molar-refractivity contribution is 7.82. The van der Waals surface area contributed by atoms with Gasteiger partial charge in [-0.1, -0.05) is 18.3 Å². The lowest BCUT2D eigenvalue weighted by Gasteiger charge is -2.33. The number of nitrogens with one attached hydrogen (secondary N) is 2. The number of ether oxygens (including phenoxy) is 1. The predicted molar refractivity (Wildman–Crippen MR) is 105 cm³/mol. The number of piperidine rings is 1. The van der Waals surface area contributed by atoms with Crippen molar-refractivity contribution in [3.8, 4) is 0 Å². The van der Waals surface area contributed by atoms with E-state index in [9.17, 15) is 9.59 Å². The molecule has 0 unspecified atom stereocenters. The molecule has 2 amide bonds. The minimum Gasteiger partial charge on any atom is -0.375 e. The van der Waals surface area contributed by atoms with Crippen molar-refractivity contribution in [3.63, 3.8) is 0 Å². The minimum absolute atomic E-state index is 0.0470. The number of likely N-dealkylation sites (tertiary alicyclic amines) is 1. The molecule has 2 N–H and O–H groups in total. The molecular weight excluding hydrogens is 352 g/mol. The van der Waals surface area contributed by atoms with Gasteiger partial charge in [-0.25, -0.2) is 0 Å². The number of rotatable bonds is 5. The summed E-state index contributed by atoms with van der Waals surface area (Å²) in [5.74, 6) is -0.326. The van der Waals surface area contributed by atoms with Crippen LogP contribution in [-0.2, 0) is 14.3 Å². The van der Waals surface area contributed by atoms with Gasteiger partial charge in [-0.2, -0.15) is 0 Å². The van der Waals surface area contributed by atoms with Crippen LogP contribution in [0.2, 0.25) is 0 Å². The number of nitrogens with zero attached hydrogens (tertiary/aromatic N) is 2. The molecule has 0 aliphatic carbocycles. The molecule has 2 heterocycles. The SMILES string of the molecule is COCC(=O)N1CCC[C@H](NC(=O)C(=S)NC2=CCN(C(C)C)CC2)C1. The summed E-state index contributed by atoms with van der Waals surface area (Å²) in [7, 11) is 1.51. The first kappa shape index (κ1) is 20.8. The van der Waals surface area contributed by atoms with Gasteiger partial charge in [-0.3, -0.25) is 14.5 Å². The summed E-state index contributed by atoms with van der Waals surface area (Å²) in [6.45, 7) is 7.45. The van der Waals surface area contributed by atoms with E-state index in [1.807, 2.05) is 0 Å². The van der Waals surface area contributed by atoms with Gasteiger partial charge in [0.2, 0.25) is 5.91 Å². The highest BCUT2D eigenvalue weighted by atomic mass is 32.1. The van der Waals surface area contributed by atoms with Crippen molar-refractivity contribution in [1.29, 1.82) is 0 Å². The van der Waals surface area contributed by atoms with Gasteiger partial charge >= 0.3 is 0 Å². The average Bonchev–Trinajstić information content (AvgIpc) is 2.62. The van der Waals surface area contributed by atoms with Crippen molar-refractivity contribution in [1.82, 2.24) is 20.4 Å². The summed E-state index contributed by atoms with van der Waals surface area (Å²) in [5, 5.41) is 6.02. The lowest BCUT2D eigenvalue weighted by Crippen LogP contribution is -2.52. The van der Waals surface area contributed by atoms with Gasteiger partial charge in [0.15, 0.2) is 4.99 Å². The molecule has 0 radical (unpaired) electrons. The molecule has 1 saturated heterocycles. The van der Waals surface area contributed by atoms with Crippen molar-refractivity contribution in [2.45, 2.75) is 45.2 Å². The Kier molecular flexibility index (Phi) is 7.99. The highest BCUT2D eigenvalue weighted by Crippen LogP contribution is 2.12. The fraction of sp³-hybridized carbons (Fsp3) is 0.722. The monoisotopic (exact) mass is 382 g/mol. The molecule has 0 aromatic heterocycles. The topological polar surface area (TPSA) is 73.9 Å². The fourth-order valence-corrected chi connectivity index (χ4v) is 3.45. The van der Waals surface area contributed by atoms with E-state index in [2.05, 4.69) is 35.5 Å². The lowest BCUT2D eigenvalue weighted by atomic mass is 10.1. The molecule has 0 bridgehead atoms. The van der Waals surface area contributed by atoms with Crippen LogP contribution < -0.4 is 10.6 Å². The second-order valence-electron chi connectivity index (χ2n) is 7.11. The normalized spacial score (nSPS) is 21.3. The third-order valence-corrected chi connectivity index (χ3v) is 5.12.